The molecule has 1 fully saturated rings. The van der Waals surface area contributed by atoms with Gasteiger partial charge in [0.15, 0.2) is 0 Å². The zero-order valence-corrected chi connectivity index (χ0v) is 20.5. The summed E-state index contributed by atoms with van der Waals surface area (Å²) in [5.74, 6) is -0.219. The highest BCUT2D eigenvalue weighted by Gasteiger charge is 2.40. The van der Waals surface area contributed by atoms with Crippen molar-refractivity contribution in [2.24, 2.45) is 10.7 Å². The number of urea groups is 1. The Bertz CT molecular complexity index is 1120. The molecule has 1 aliphatic carbocycles. The molecule has 1 saturated carbocycles. The average Bonchev–Trinajstić information content (AvgIpc) is 3.52. The van der Waals surface area contributed by atoms with Crippen LogP contribution < -0.4 is 11.1 Å². The summed E-state index contributed by atoms with van der Waals surface area (Å²) < 4.78 is 2.02. The van der Waals surface area contributed by atoms with E-state index in [1.165, 1.54) is 11.1 Å². The zero-order valence-electron chi connectivity index (χ0n) is 19.8. The molecular formula is C26H32ClN5O2. The molecule has 3 N–H and O–H groups in total. The van der Waals surface area contributed by atoms with Gasteiger partial charge in [-0.1, -0.05) is 60.5 Å². The summed E-state index contributed by atoms with van der Waals surface area (Å²) in [5.41, 5.74) is 9.95. The highest BCUT2D eigenvalue weighted by Crippen LogP contribution is 2.41. The smallest absolute Gasteiger partial charge is 0.318 e. The van der Waals surface area contributed by atoms with Crippen LogP contribution in [0, 0.1) is 0 Å². The summed E-state index contributed by atoms with van der Waals surface area (Å²) >= 11 is 6.60. The number of nitrogens with one attached hydrogen (secondary N) is 1. The van der Waals surface area contributed by atoms with E-state index >= 15 is 0 Å². The van der Waals surface area contributed by atoms with Crippen molar-refractivity contribution in [1.82, 2.24) is 14.8 Å². The Morgan fingerprint density at radius 2 is 2.03 bits per heavy atom. The minimum atomic E-state index is -0.577. The van der Waals surface area contributed by atoms with Crippen LogP contribution in [0.3, 0.4) is 0 Å². The number of fused-ring (bicyclic) bond motifs is 1. The van der Waals surface area contributed by atoms with Gasteiger partial charge in [-0.25, -0.2) is 4.79 Å². The predicted molar refractivity (Wildman–Crippen MR) is 136 cm³/mol. The van der Waals surface area contributed by atoms with Crippen molar-refractivity contribution in [3.8, 4) is 0 Å². The normalized spacial score (nSPS) is 19.9. The number of benzene rings is 1. The number of carbonyl (C=O) groups is 2. The number of nitrogens with two attached hydrogens (primary N) is 1. The fourth-order valence-corrected chi connectivity index (χ4v) is 5.05. The Morgan fingerprint density at radius 1 is 1.26 bits per heavy atom. The van der Waals surface area contributed by atoms with Crippen LogP contribution in [0.25, 0.3) is 0 Å². The van der Waals surface area contributed by atoms with Crippen LogP contribution >= 0.6 is 11.6 Å². The monoisotopic (exact) mass is 481 g/mol. The van der Waals surface area contributed by atoms with Crippen LogP contribution in [-0.2, 0) is 19.5 Å². The largest absolute Gasteiger partial charge is 0.365 e. The molecule has 3 amide bonds. The molecule has 2 atom stereocenters. The minimum absolute atomic E-state index is 0.122. The number of amides is 3. The van der Waals surface area contributed by atoms with Crippen molar-refractivity contribution in [3.63, 3.8) is 0 Å². The maximum Gasteiger partial charge on any atom is 0.318 e. The average molecular weight is 482 g/mol. The van der Waals surface area contributed by atoms with Gasteiger partial charge in [-0.05, 0) is 25.3 Å². The second kappa shape index (κ2) is 10.5. The maximum atomic E-state index is 13.0. The molecule has 2 unspecified atom stereocenters. The van der Waals surface area contributed by atoms with Crippen LogP contribution in [0.2, 0.25) is 5.02 Å². The van der Waals surface area contributed by atoms with Crippen LogP contribution in [-0.4, -0.2) is 46.8 Å². The molecule has 0 radical (unpaired) electrons. The lowest BCUT2D eigenvalue weighted by molar-refractivity contribution is 0.0997. The molecule has 0 spiro atoms. The quantitative estimate of drug-likeness (QED) is 0.434. The van der Waals surface area contributed by atoms with Crippen molar-refractivity contribution in [1.29, 1.82) is 0 Å². The summed E-state index contributed by atoms with van der Waals surface area (Å²) in [6, 6.07) is 10.2. The van der Waals surface area contributed by atoms with Gasteiger partial charge in [-0.2, -0.15) is 0 Å². The summed E-state index contributed by atoms with van der Waals surface area (Å²) in [6.07, 6.45) is 6.42. The summed E-state index contributed by atoms with van der Waals surface area (Å²) in [6.45, 7) is 6.18. The van der Waals surface area contributed by atoms with Gasteiger partial charge in [-0.3, -0.25) is 9.79 Å². The van der Waals surface area contributed by atoms with Crippen LogP contribution in [0.5, 0.6) is 0 Å². The first-order chi connectivity index (χ1) is 16.4. The second-order valence-electron chi connectivity index (χ2n) is 9.01. The van der Waals surface area contributed by atoms with Gasteiger partial charge in [0.2, 0.25) is 0 Å². The van der Waals surface area contributed by atoms with E-state index in [0.29, 0.717) is 54.8 Å². The Hall–Kier alpha value is -3.06. The molecule has 2 aliphatic rings. The van der Waals surface area contributed by atoms with E-state index in [1.54, 1.807) is 4.90 Å². The first-order valence-electron chi connectivity index (χ1n) is 11.8. The topological polar surface area (TPSA) is 92.7 Å². The molecule has 2 aromatic rings. The standard InChI is InChI=1S/C26H32ClN5O2/c1-3-7-17(2)15-29-11-10-21-24(27)23(25(28)33)22-16-31(12-13-32(21)22)26(34)30-20-14-19(20)18-8-5-4-6-9-18/h4-9,11,19-20H,3,10,12-16H2,1-2H3,(H2,28,33)(H,30,34)/b17-7-,29-11?. The molecule has 1 aromatic heterocycles. The lowest BCUT2D eigenvalue weighted by Crippen LogP contribution is -2.45. The van der Waals surface area contributed by atoms with E-state index < -0.39 is 5.91 Å². The van der Waals surface area contributed by atoms with Gasteiger partial charge >= 0.3 is 6.03 Å². The van der Waals surface area contributed by atoms with Gasteiger partial charge in [0, 0.05) is 43.4 Å². The highest BCUT2D eigenvalue weighted by atomic mass is 35.5. The van der Waals surface area contributed by atoms with Crippen molar-refractivity contribution < 1.29 is 9.59 Å². The van der Waals surface area contributed by atoms with Crippen LogP contribution in [0.4, 0.5) is 4.79 Å². The number of nitrogens with zero attached hydrogens (tertiary/aromatic N) is 3. The van der Waals surface area contributed by atoms with E-state index in [0.717, 1.165) is 18.5 Å². The van der Waals surface area contributed by atoms with Crippen LogP contribution in [0.1, 0.15) is 59.9 Å². The summed E-state index contributed by atoms with van der Waals surface area (Å²) in [7, 11) is 0. The van der Waals surface area contributed by atoms with E-state index in [9.17, 15) is 9.59 Å². The molecule has 8 heteroatoms. The lowest BCUT2D eigenvalue weighted by Gasteiger charge is -2.30. The molecule has 1 aromatic carbocycles. The van der Waals surface area contributed by atoms with Crippen molar-refractivity contribution in [2.75, 3.05) is 13.1 Å². The maximum absolute atomic E-state index is 13.0. The number of halogens is 1. The van der Waals surface area contributed by atoms with Gasteiger partial charge < -0.3 is 20.5 Å². The summed E-state index contributed by atoms with van der Waals surface area (Å²) in [4.78, 5) is 31.4. The lowest BCUT2D eigenvalue weighted by atomic mass is 10.1. The molecule has 2 heterocycles. The third-order valence-corrected chi connectivity index (χ3v) is 6.92. The van der Waals surface area contributed by atoms with Gasteiger partial charge in [0.1, 0.15) is 0 Å². The van der Waals surface area contributed by atoms with Crippen molar-refractivity contribution in [3.05, 3.63) is 69.5 Å². The number of aromatic nitrogens is 1. The molecule has 4 rings (SSSR count). The number of carbonyl (C=O) groups excluding carboxylic acids is 2. The molecular weight excluding hydrogens is 450 g/mol. The molecule has 34 heavy (non-hydrogen) atoms. The SMILES string of the molecule is CC/C=C(/C)CN=CCc1c(Cl)c(C(N)=O)c2n1CCN(C(=O)NC1CC1c1ccccc1)C2. The third-order valence-electron chi connectivity index (χ3n) is 6.51. The fraction of sp³-hybridized carbons (Fsp3) is 0.423. The third kappa shape index (κ3) is 5.20. The zero-order chi connectivity index (χ0) is 24.2. The number of hydrogen-bond donors (Lipinski definition) is 2. The molecule has 0 saturated heterocycles. The first-order valence-corrected chi connectivity index (χ1v) is 12.2. The molecule has 0 bridgehead atoms. The van der Waals surface area contributed by atoms with Gasteiger partial charge in [0.05, 0.1) is 29.4 Å². The molecule has 7 nitrogen and oxygen atoms in total. The Labute approximate surface area is 205 Å². The molecule has 1 aliphatic heterocycles. The van der Waals surface area contributed by atoms with E-state index in [2.05, 4.69) is 42.4 Å². The highest BCUT2D eigenvalue weighted by molar-refractivity contribution is 6.35. The number of aliphatic imine (C=N–C) groups is 1. The number of primary amides is 1. The van der Waals surface area contributed by atoms with E-state index in [1.807, 2.05) is 29.0 Å². The number of rotatable bonds is 8. The Kier molecular flexibility index (Phi) is 7.41. The Morgan fingerprint density at radius 3 is 2.74 bits per heavy atom. The summed E-state index contributed by atoms with van der Waals surface area (Å²) in [5, 5.41) is 3.50. The number of allylic oxidation sites excluding steroid dienone is 1. The molecule has 180 valence electrons. The predicted octanol–water partition coefficient (Wildman–Crippen LogP) is 4.29. The van der Waals surface area contributed by atoms with Crippen LogP contribution in [0.15, 0.2) is 47.0 Å². The number of hydrogen-bond acceptors (Lipinski definition) is 3. The Balaban J connectivity index is 1.44. The van der Waals surface area contributed by atoms with Gasteiger partial charge in [0.25, 0.3) is 5.91 Å². The second-order valence-corrected chi connectivity index (χ2v) is 9.39. The van der Waals surface area contributed by atoms with E-state index in [-0.39, 0.29) is 12.1 Å². The fourth-order valence-electron chi connectivity index (χ4n) is 4.67. The van der Waals surface area contributed by atoms with Crippen molar-refractivity contribution in [2.45, 2.75) is 58.2 Å². The minimum Gasteiger partial charge on any atom is -0.365 e. The van der Waals surface area contributed by atoms with E-state index in [4.69, 9.17) is 17.3 Å². The van der Waals surface area contributed by atoms with Crippen molar-refractivity contribution >= 4 is 29.8 Å². The van der Waals surface area contributed by atoms with Gasteiger partial charge in [-0.15, -0.1) is 0 Å². The first kappa shape index (κ1) is 24.1.